The summed E-state index contributed by atoms with van der Waals surface area (Å²) in [5.74, 6) is 0.773. The first-order valence-corrected chi connectivity index (χ1v) is 7.00. The molecule has 0 spiro atoms. The van der Waals surface area contributed by atoms with Gasteiger partial charge in [-0.25, -0.2) is 0 Å². The molecule has 1 aliphatic carbocycles. The molecule has 2 atom stereocenters. The Morgan fingerprint density at radius 1 is 1.41 bits per heavy atom. The lowest BCUT2D eigenvalue weighted by Gasteiger charge is -2.16. The van der Waals surface area contributed by atoms with Crippen LogP contribution in [-0.4, -0.2) is 61.5 Å². The van der Waals surface area contributed by atoms with E-state index in [4.69, 9.17) is 4.74 Å². The molecule has 1 saturated heterocycles. The van der Waals surface area contributed by atoms with E-state index in [0.29, 0.717) is 19.8 Å². The van der Waals surface area contributed by atoms with E-state index in [2.05, 4.69) is 10.2 Å². The van der Waals surface area contributed by atoms with Crippen LogP contribution < -0.4 is 5.32 Å². The van der Waals surface area contributed by atoms with Gasteiger partial charge in [-0.2, -0.15) is 0 Å². The van der Waals surface area contributed by atoms with Gasteiger partial charge < -0.3 is 20.1 Å². The highest BCUT2D eigenvalue weighted by Gasteiger charge is 2.33. The quantitative estimate of drug-likeness (QED) is 0.649. The summed E-state index contributed by atoms with van der Waals surface area (Å²) < 4.78 is 5.18. The number of nitrogens with one attached hydrogen (secondary N) is 1. The average molecular weight is 242 g/mol. The molecule has 2 N–H and O–H groups in total. The Kier molecular flexibility index (Phi) is 5.22. The van der Waals surface area contributed by atoms with Gasteiger partial charge in [0.15, 0.2) is 0 Å². The molecular formula is C13H26N2O2. The zero-order valence-corrected chi connectivity index (χ0v) is 10.9. The first-order chi connectivity index (χ1) is 8.29. The molecule has 2 rings (SSSR count). The van der Waals surface area contributed by atoms with Crippen molar-refractivity contribution in [3.8, 4) is 0 Å². The third-order valence-corrected chi connectivity index (χ3v) is 3.71. The van der Waals surface area contributed by atoms with Crippen molar-refractivity contribution >= 4 is 0 Å². The Hall–Kier alpha value is -0.160. The molecule has 4 heteroatoms. The van der Waals surface area contributed by atoms with Gasteiger partial charge in [0.25, 0.3) is 0 Å². The smallest absolute Gasteiger partial charge is 0.0897 e. The van der Waals surface area contributed by atoms with Gasteiger partial charge in [-0.05, 0) is 45.2 Å². The summed E-state index contributed by atoms with van der Waals surface area (Å²) in [6.07, 6.45) is 3.77. The van der Waals surface area contributed by atoms with Gasteiger partial charge in [-0.1, -0.05) is 0 Å². The van der Waals surface area contributed by atoms with E-state index in [9.17, 15) is 5.11 Å². The van der Waals surface area contributed by atoms with Crippen LogP contribution in [0.4, 0.5) is 0 Å². The number of hydrogen-bond acceptors (Lipinski definition) is 4. The Balaban J connectivity index is 1.50. The van der Waals surface area contributed by atoms with E-state index in [1.165, 1.54) is 32.4 Å². The summed E-state index contributed by atoms with van der Waals surface area (Å²) in [6.45, 7) is 7.29. The van der Waals surface area contributed by atoms with Crippen LogP contribution in [0.2, 0.25) is 0 Å². The van der Waals surface area contributed by atoms with Crippen LogP contribution in [0, 0.1) is 5.92 Å². The second-order valence-corrected chi connectivity index (χ2v) is 5.35. The van der Waals surface area contributed by atoms with Crippen molar-refractivity contribution in [1.29, 1.82) is 0 Å². The summed E-state index contributed by atoms with van der Waals surface area (Å²) in [5.41, 5.74) is 0. The van der Waals surface area contributed by atoms with Crippen LogP contribution in [-0.2, 0) is 4.74 Å². The molecule has 4 nitrogen and oxygen atoms in total. The second-order valence-electron chi connectivity index (χ2n) is 5.35. The third kappa shape index (κ3) is 4.54. The van der Waals surface area contributed by atoms with E-state index in [-0.39, 0.29) is 6.10 Å². The minimum absolute atomic E-state index is 0.365. The lowest BCUT2D eigenvalue weighted by atomic mass is 10.1. The molecule has 0 bridgehead atoms. The Morgan fingerprint density at radius 3 is 2.94 bits per heavy atom. The molecule has 0 aromatic carbocycles. The normalized spacial score (nSPS) is 27.5. The zero-order valence-electron chi connectivity index (χ0n) is 10.9. The molecule has 0 aromatic heterocycles. The van der Waals surface area contributed by atoms with Gasteiger partial charge in [-0.3, -0.25) is 0 Å². The Labute approximate surface area is 104 Å². The number of ether oxygens (including phenoxy) is 1. The highest BCUT2D eigenvalue weighted by atomic mass is 16.5. The maximum atomic E-state index is 9.61. The molecule has 2 unspecified atom stereocenters. The van der Waals surface area contributed by atoms with Crippen molar-refractivity contribution in [1.82, 2.24) is 10.2 Å². The van der Waals surface area contributed by atoms with Gasteiger partial charge in [0, 0.05) is 25.7 Å². The van der Waals surface area contributed by atoms with E-state index in [1.54, 1.807) is 0 Å². The van der Waals surface area contributed by atoms with E-state index < -0.39 is 0 Å². The minimum Gasteiger partial charge on any atom is -0.389 e. The molecule has 17 heavy (non-hydrogen) atoms. The van der Waals surface area contributed by atoms with Crippen LogP contribution in [0.15, 0.2) is 0 Å². The molecule has 1 saturated carbocycles. The minimum atomic E-state index is -0.365. The third-order valence-electron chi connectivity index (χ3n) is 3.71. The van der Waals surface area contributed by atoms with Crippen molar-refractivity contribution in [2.45, 2.75) is 38.3 Å². The molecule has 100 valence electrons. The van der Waals surface area contributed by atoms with Crippen LogP contribution in [0.1, 0.15) is 26.2 Å². The average Bonchev–Trinajstić information content (AvgIpc) is 3.07. The van der Waals surface area contributed by atoms with E-state index in [1.807, 2.05) is 6.92 Å². The number of rotatable bonds is 8. The molecule has 0 radical (unpaired) electrons. The monoisotopic (exact) mass is 242 g/mol. The molecule has 1 aliphatic heterocycles. The first kappa shape index (κ1) is 13.3. The topological polar surface area (TPSA) is 44.7 Å². The van der Waals surface area contributed by atoms with Gasteiger partial charge in [0.05, 0.1) is 12.7 Å². The first-order valence-electron chi connectivity index (χ1n) is 7.00. The summed E-state index contributed by atoms with van der Waals surface area (Å²) in [7, 11) is 0. The SMILES string of the molecule is CCOCC(O)CNCC1CCN(C2CC2)C1. The summed E-state index contributed by atoms with van der Waals surface area (Å²) in [4.78, 5) is 2.63. The predicted molar refractivity (Wildman–Crippen MR) is 68.1 cm³/mol. The molecule has 2 aliphatic rings. The number of aliphatic hydroxyl groups excluding tert-OH is 1. The Morgan fingerprint density at radius 2 is 2.24 bits per heavy atom. The highest BCUT2D eigenvalue weighted by Crippen LogP contribution is 2.31. The van der Waals surface area contributed by atoms with Gasteiger partial charge in [-0.15, -0.1) is 0 Å². The maximum absolute atomic E-state index is 9.61. The molecule has 1 heterocycles. The van der Waals surface area contributed by atoms with E-state index >= 15 is 0 Å². The fourth-order valence-corrected chi connectivity index (χ4v) is 2.57. The predicted octanol–water partition coefficient (Wildman–Crippen LogP) is 0.458. The van der Waals surface area contributed by atoms with Crippen LogP contribution >= 0.6 is 0 Å². The van der Waals surface area contributed by atoms with E-state index in [0.717, 1.165) is 18.5 Å². The number of aliphatic hydroxyl groups is 1. The standard InChI is InChI=1S/C13H26N2O2/c1-2-17-10-13(16)8-14-7-11-5-6-15(9-11)12-3-4-12/h11-14,16H,2-10H2,1H3. The van der Waals surface area contributed by atoms with Crippen LogP contribution in [0.5, 0.6) is 0 Å². The summed E-state index contributed by atoms with van der Waals surface area (Å²) >= 11 is 0. The molecule has 2 fully saturated rings. The van der Waals surface area contributed by atoms with Gasteiger partial charge in [0.1, 0.15) is 0 Å². The van der Waals surface area contributed by atoms with Crippen molar-refractivity contribution in [2.75, 3.05) is 39.4 Å². The van der Waals surface area contributed by atoms with Crippen LogP contribution in [0.25, 0.3) is 0 Å². The number of likely N-dealkylation sites (tertiary alicyclic amines) is 1. The zero-order chi connectivity index (χ0) is 12.1. The largest absolute Gasteiger partial charge is 0.389 e. The molecule has 0 amide bonds. The number of nitrogens with zero attached hydrogens (tertiary/aromatic N) is 1. The van der Waals surface area contributed by atoms with Crippen molar-refractivity contribution in [3.05, 3.63) is 0 Å². The van der Waals surface area contributed by atoms with Crippen LogP contribution in [0.3, 0.4) is 0 Å². The molecular weight excluding hydrogens is 216 g/mol. The fourth-order valence-electron chi connectivity index (χ4n) is 2.57. The second kappa shape index (κ2) is 6.69. The number of hydrogen-bond donors (Lipinski definition) is 2. The summed E-state index contributed by atoms with van der Waals surface area (Å²) in [6, 6.07) is 0.906. The van der Waals surface area contributed by atoms with Crippen molar-refractivity contribution in [2.24, 2.45) is 5.92 Å². The lowest BCUT2D eigenvalue weighted by Crippen LogP contribution is -2.34. The lowest BCUT2D eigenvalue weighted by molar-refractivity contribution is 0.0425. The maximum Gasteiger partial charge on any atom is 0.0897 e. The Bertz CT molecular complexity index is 221. The van der Waals surface area contributed by atoms with Gasteiger partial charge in [0.2, 0.25) is 0 Å². The summed E-state index contributed by atoms with van der Waals surface area (Å²) in [5, 5.41) is 13.0. The fraction of sp³-hybridized carbons (Fsp3) is 1.00. The highest BCUT2D eigenvalue weighted by molar-refractivity contribution is 4.89. The van der Waals surface area contributed by atoms with Crippen molar-refractivity contribution < 1.29 is 9.84 Å². The van der Waals surface area contributed by atoms with Crippen molar-refractivity contribution in [3.63, 3.8) is 0 Å². The molecule has 0 aromatic rings. The van der Waals surface area contributed by atoms with Gasteiger partial charge >= 0.3 is 0 Å².